The van der Waals surface area contributed by atoms with E-state index >= 15 is 0 Å². The molecule has 3 heteroatoms. The number of rotatable bonds is 3. The predicted octanol–water partition coefficient (Wildman–Crippen LogP) is 1.93. The van der Waals surface area contributed by atoms with Gasteiger partial charge in [0.25, 0.3) is 0 Å². The second kappa shape index (κ2) is 5.71. The van der Waals surface area contributed by atoms with Crippen LogP contribution in [0.25, 0.3) is 0 Å². The summed E-state index contributed by atoms with van der Waals surface area (Å²) >= 11 is 0. The summed E-state index contributed by atoms with van der Waals surface area (Å²) in [5.41, 5.74) is 7.66. The van der Waals surface area contributed by atoms with Gasteiger partial charge in [-0.2, -0.15) is 0 Å². The van der Waals surface area contributed by atoms with E-state index in [4.69, 9.17) is 5.73 Å². The maximum absolute atomic E-state index is 6.21. The lowest BCUT2D eigenvalue weighted by atomic mass is 9.66. The van der Waals surface area contributed by atoms with Crippen molar-refractivity contribution in [1.82, 2.24) is 9.80 Å². The fourth-order valence-corrected chi connectivity index (χ4v) is 4.57. The molecule has 0 aromatic heterocycles. The van der Waals surface area contributed by atoms with E-state index in [1.165, 1.54) is 51.0 Å². The van der Waals surface area contributed by atoms with Crippen LogP contribution in [0.1, 0.15) is 24.8 Å². The van der Waals surface area contributed by atoms with E-state index in [9.17, 15) is 0 Å². The third-order valence-electron chi connectivity index (χ3n) is 5.88. The Morgan fingerprint density at radius 3 is 2.52 bits per heavy atom. The van der Waals surface area contributed by atoms with E-state index in [-0.39, 0.29) is 0 Å². The Bertz CT molecular complexity index is 463. The number of nitrogens with zero attached hydrogens (tertiary/aromatic N) is 2. The lowest BCUT2D eigenvalue weighted by Gasteiger charge is -2.55. The number of nitrogens with two attached hydrogens (primary N) is 1. The molecule has 3 heterocycles. The molecule has 114 valence electrons. The molecule has 3 unspecified atom stereocenters. The molecule has 4 fully saturated rings. The highest BCUT2D eigenvalue weighted by Gasteiger charge is 2.46. The summed E-state index contributed by atoms with van der Waals surface area (Å²) in [5, 5.41) is 0. The molecule has 5 rings (SSSR count). The van der Waals surface area contributed by atoms with Gasteiger partial charge in [0.2, 0.25) is 0 Å². The van der Waals surface area contributed by atoms with Gasteiger partial charge in [0.05, 0.1) is 0 Å². The number of benzene rings is 1. The van der Waals surface area contributed by atoms with E-state index in [2.05, 4.69) is 40.1 Å². The van der Waals surface area contributed by atoms with Crippen molar-refractivity contribution < 1.29 is 0 Å². The first-order chi connectivity index (χ1) is 10.3. The fraction of sp³-hybridized carbons (Fsp3) is 0.667. The second-order valence-electron chi connectivity index (χ2n) is 7.30. The highest BCUT2D eigenvalue weighted by molar-refractivity contribution is 5.14. The smallest absolute Gasteiger partial charge is 0.0234 e. The maximum Gasteiger partial charge on any atom is 0.0234 e. The van der Waals surface area contributed by atoms with E-state index in [1.54, 1.807) is 0 Å². The van der Waals surface area contributed by atoms with Gasteiger partial charge in [0, 0.05) is 38.3 Å². The molecule has 4 aliphatic rings. The van der Waals surface area contributed by atoms with Crippen LogP contribution in [0.5, 0.6) is 0 Å². The van der Waals surface area contributed by atoms with Gasteiger partial charge >= 0.3 is 0 Å². The molecular weight excluding hydrogens is 258 g/mol. The predicted molar refractivity (Wildman–Crippen MR) is 85.9 cm³/mol. The molecule has 0 radical (unpaired) electrons. The third-order valence-corrected chi connectivity index (χ3v) is 5.88. The van der Waals surface area contributed by atoms with Crippen molar-refractivity contribution in [2.45, 2.75) is 37.9 Å². The molecule has 2 N–H and O–H groups in total. The van der Waals surface area contributed by atoms with Crippen molar-refractivity contribution >= 4 is 0 Å². The van der Waals surface area contributed by atoms with Crippen LogP contribution in [0.3, 0.4) is 0 Å². The van der Waals surface area contributed by atoms with Gasteiger partial charge in [0.15, 0.2) is 0 Å². The number of hydrogen-bond donors (Lipinski definition) is 1. The first-order valence-electron chi connectivity index (χ1n) is 8.55. The Morgan fingerprint density at radius 2 is 1.81 bits per heavy atom. The van der Waals surface area contributed by atoms with Gasteiger partial charge in [-0.05, 0) is 43.2 Å². The summed E-state index contributed by atoms with van der Waals surface area (Å²) in [6, 6.07) is 12.2. The minimum absolute atomic E-state index is 0.505. The third kappa shape index (κ3) is 2.75. The summed E-state index contributed by atoms with van der Waals surface area (Å²) in [7, 11) is 0. The van der Waals surface area contributed by atoms with Crippen LogP contribution in [0.15, 0.2) is 30.3 Å². The van der Waals surface area contributed by atoms with Crippen molar-refractivity contribution in [2.75, 3.05) is 26.2 Å². The van der Waals surface area contributed by atoms with Crippen LogP contribution >= 0.6 is 0 Å². The van der Waals surface area contributed by atoms with Crippen LogP contribution in [-0.2, 0) is 6.54 Å². The van der Waals surface area contributed by atoms with Gasteiger partial charge in [-0.25, -0.2) is 0 Å². The Balaban J connectivity index is 1.35. The molecule has 1 aliphatic carbocycles. The van der Waals surface area contributed by atoms with Crippen molar-refractivity contribution in [2.24, 2.45) is 17.6 Å². The van der Waals surface area contributed by atoms with Crippen molar-refractivity contribution in [3.8, 4) is 0 Å². The number of piperidine rings is 3. The molecule has 0 amide bonds. The zero-order valence-electron chi connectivity index (χ0n) is 12.8. The standard InChI is InChI=1S/C18H27N3/c19-18-15-9-16(18)12-21(11-15)17-7-4-8-20(13-17)10-14-5-2-1-3-6-14/h1-3,5-6,15-18H,4,7-13,19H2. The first kappa shape index (κ1) is 13.7. The van der Waals surface area contributed by atoms with Crippen molar-refractivity contribution in [3.63, 3.8) is 0 Å². The highest BCUT2D eigenvalue weighted by atomic mass is 15.2. The normalized spacial score (nSPS) is 37.2. The SMILES string of the molecule is NC1C2CC1CN(C1CCCN(Cc3ccccc3)C1)C2. The van der Waals surface area contributed by atoms with Gasteiger partial charge in [0.1, 0.15) is 0 Å². The van der Waals surface area contributed by atoms with Crippen LogP contribution in [0, 0.1) is 11.8 Å². The van der Waals surface area contributed by atoms with Crippen LogP contribution in [-0.4, -0.2) is 48.1 Å². The second-order valence-corrected chi connectivity index (χ2v) is 7.30. The summed E-state index contributed by atoms with van der Waals surface area (Å²) in [6.07, 6.45) is 4.10. The highest BCUT2D eigenvalue weighted by Crippen LogP contribution is 2.40. The van der Waals surface area contributed by atoms with Crippen molar-refractivity contribution in [3.05, 3.63) is 35.9 Å². The quantitative estimate of drug-likeness (QED) is 0.921. The minimum Gasteiger partial charge on any atom is -0.327 e. The van der Waals surface area contributed by atoms with Gasteiger partial charge in [-0.1, -0.05) is 30.3 Å². The number of hydrogen-bond acceptors (Lipinski definition) is 3. The number of fused-ring (bicyclic) bond motifs is 2. The van der Waals surface area contributed by atoms with E-state index in [0.717, 1.165) is 24.4 Å². The Hall–Kier alpha value is -0.900. The zero-order valence-corrected chi connectivity index (χ0v) is 12.8. The zero-order chi connectivity index (χ0) is 14.2. The summed E-state index contributed by atoms with van der Waals surface area (Å²) in [5.74, 6) is 1.57. The average molecular weight is 285 g/mol. The Morgan fingerprint density at radius 1 is 1.05 bits per heavy atom. The Kier molecular flexibility index (Phi) is 3.74. The molecule has 0 spiro atoms. The van der Waals surface area contributed by atoms with E-state index in [0.29, 0.717) is 6.04 Å². The molecule has 21 heavy (non-hydrogen) atoms. The molecule has 1 saturated carbocycles. The summed E-state index contributed by atoms with van der Waals surface area (Å²) in [6.45, 7) is 6.11. The van der Waals surface area contributed by atoms with Gasteiger partial charge < -0.3 is 5.73 Å². The molecule has 1 aromatic rings. The molecule has 1 aromatic carbocycles. The Labute approximate surface area is 128 Å². The van der Waals surface area contributed by atoms with Crippen LogP contribution in [0.2, 0.25) is 0 Å². The number of likely N-dealkylation sites (tertiary alicyclic amines) is 1. The van der Waals surface area contributed by atoms with Gasteiger partial charge in [-0.3, -0.25) is 9.80 Å². The summed E-state index contributed by atoms with van der Waals surface area (Å²) in [4.78, 5) is 5.39. The van der Waals surface area contributed by atoms with E-state index in [1.807, 2.05) is 0 Å². The molecule has 2 bridgehead atoms. The molecule has 3 aliphatic heterocycles. The lowest BCUT2D eigenvalue weighted by Crippen LogP contribution is -2.65. The lowest BCUT2D eigenvalue weighted by molar-refractivity contribution is -0.0367. The van der Waals surface area contributed by atoms with Crippen LogP contribution < -0.4 is 5.73 Å². The van der Waals surface area contributed by atoms with E-state index < -0.39 is 0 Å². The first-order valence-corrected chi connectivity index (χ1v) is 8.55. The fourth-order valence-electron chi connectivity index (χ4n) is 4.57. The topological polar surface area (TPSA) is 32.5 Å². The molecule has 3 atom stereocenters. The molecular formula is C18H27N3. The molecule has 3 nitrogen and oxygen atoms in total. The monoisotopic (exact) mass is 285 g/mol. The largest absolute Gasteiger partial charge is 0.327 e. The maximum atomic E-state index is 6.21. The average Bonchev–Trinajstić information content (AvgIpc) is 2.55. The minimum atomic E-state index is 0.505. The van der Waals surface area contributed by atoms with Gasteiger partial charge in [-0.15, -0.1) is 0 Å². The van der Waals surface area contributed by atoms with Crippen LogP contribution in [0.4, 0.5) is 0 Å². The summed E-state index contributed by atoms with van der Waals surface area (Å²) < 4.78 is 0. The van der Waals surface area contributed by atoms with Crippen molar-refractivity contribution in [1.29, 1.82) is 0 Å². The molecule has 3 saturated heterocycles.